The number of hydrogen-bond donors (Lipinski definition) is 1. The van der Waals surface area contributed by atoms with Crippen molar-refractivity contribution in [3.63, 3.8) is 0 Å². The first kappa shape index (κ1) is 17.4. The van der Waals surface area contributed by atoms with Gasteiger partial charge >= 0.3 is 0 Å². The standard InChI is InChI=1S/C18H27N3O2S/c1-13-20-15(12-24-13)10-19-18(23)14-8-9-17(22)21(11-14)16-6-4-2-3-5-7-16/h12,14,16H,2-11H2,1H3,(H,19,23)/t14-/m1/s1. The van der Waals surface area contributed by atoms with E-state index in [2.05, 4.69) is 10.3 Å². The van der Waals surface area contributed by atoms with Gasteiger partial charge in [-0.3, -0.25) is 9.59 Å². The first-order valence-corrected chi connectivity index (χ1v) is 9.99. The fourth-order valence-electron chi connectivity index (χ4n) is 3.82. The molecule has 2 aliphatic rings. The Kier molecular flexibility index (Phi) is 5.87. The van der Waals surface area contributed by atoms with Gasteiger partial charge in [-0.05, 0) is 26.2 Å². The SMILES string of the molecule is Cc1nc(CNC(=O)[C@@H]2CCC(=O)N(C3CCCCCC3)C2)cs1. The molecule has 1 saturated carbocycles. The summed E-state index contributed by atoms with van der Waals surface area (Å²) in [5, 5.41) is 6.00. The molecule has 1 aliphatic heterocycles. The lowest BCUT2D eigenvalue weighted by Crippen LogP contribution is -2.49. The van der Waals surface area contributed by atoms with Crippen LogP contribution in [0.4, 0.5) is 0 Å². The third-order valence-corrected chi connectivity index (χ3v) is 6.01. The zero-order valence-corrected chi connectivity index (χ0v) is 15.2. The van der Waals surface area contributed by atoms with Crippen LogP contribution in [0.1, 0.15) is 62.1 Å². The number of aryl methyl sites for hydroxylation is 1. The van der Waals surface area contributed by atoms with E-state index in [4.69, 9.17) is 0 Å². The highest BCUT2D eigenvalue weighted by Crippen LogP contribution is 2.27. The molecule has 5 nitrogen and oxygen atoms in total. The van der Waals surface area contributed by atoms with Crippen LogP contribution < -0.4 is 5.32 Å². The van der Waals surface area contributed by atoms with E-state index in [1.54, 1.807) is 11.3 Å². The zero-order chi connectivity index (χ0) is 16.9. The molecule has 1 aromatic rings. The lowest BCUT2D eigenvalue weighted by molar-refractivity contribution is -0.141. The van der Waals surface area contributed by atoms with Gasteiger partial charge in [0, 0.05) is 24.4 Å². The summed E-state index contributed by atoms with van der Waals surface area (Å²) in [5.74, 6) is 0.221. The molecule has 0 unspecified atom stereocenters. The third kappa shape index (κ3) is 4.35. The number of thiazole rings is 1. The number of carbonyl (C=O) groups excluding carboxylic acids is 2. The zero-order valence-electron chi connectivity index (χ0n) is 14.4. The molecule has 0 spiro atoms. The number of nitrogens with one attached hydrogen (secondary N) is 1. The maximum absolute atomic E-state index is 12.5. The molecule has 3 rings (SSSR count). The predicted molar refractivity (Wildman–Crippen MR) is 94.6 cm³/mol. The van der Waals surface area contributed by atoms with Crippen LogP contribution in [0.25, 0.3) is 0 Å². The molecule has 0 radical (unpaired) electrons. The highest BCUT2D eigenvalue weighted by molar-refractivity contribution is 7.09. The molecular formula is C18H27N3O2S. The summed E-state index contributed by atoms with van der Waals surface area (Å²) >= 11 is 1.60. The van der Waals surface area contributed by atoms with Gasteiger partial charge in [0.05, 0.1) is 23.2 Å². The van der Waals surface area contributed by atoms with Crippen LogP contribution >= 0.6 is 11.3 Å². The molecule has 1 aliphatic carbocycles. The van der Waals surface area contributed by atoms with Gasteiger partial charge in [-0.25, -0.2) is 4.98 Å². The Morgan fingerprint density at radius 3 is 2.71 bits per heavy atom. The fraction of sp³-hybridized carbons (Fsp3) is 0.722. The predicted octanol–water partition coefficient (Wildman–Crippen LogP) is 3.03. The van der Waals surface area contributed by atoms with E-state index in [9.17, 15) is 9.59 Å². The quantitative estimate of drug-likeness (QED) is 0.850. The Hall–Kier alpha value is -1.43. The average Bonchev–Trinajstić information content (AvgIpc) is 2.83. The van der Waals surface area contributed by atoms with Crippen LogP contribution in [0.15, 0.2) is 5.38 Å². The largest absolute Gasteiger partial charge is 0.350 e. The highest BCUT2D eigenvalue weighted by Gasteiger charge is 2.34. The number of piperidine rings is 1. The van der Waals surface area contributed by atoms with E-state index in [1.165, 1.54) is 25.7 Å². The fourth-order valence-corrected chi connectivity index (χ4v) is 4.43. The molecule has 2 amide bonds. The summed E-state index contributed by atoms with van der Waals surface area (Å²) in [4.78, 5) is 31.2. The van der Waals surface area contributed by atoms with Crippen molar-refractivity contribution in [3.8, 4) is 0 Å². The summed E-state index contributed by atoms with van der Waals surface area (Å²) in [6.07, 6.45) is 8.32. The Balaban J connectivity index is 1.55. The van der Waals surface area contributed by atoms with Crippen LogP contribution in [0, 0.1) is 12.8 Å². The molecular weight excluding hydrogens is 322 g/mol. The van der Waals surface area contributed by atoms with Crippen molar-refractivity contribution in [2.45, 2.75) is 70.9 Å². The molecule has 0 aromatic carbocycles. The van der Waals surface area contributed by atoms with Crippen LogP contribution in [-0.4, -0.2) is 34.3 Å². The molecule has 1 aromatic heterocycles. The van der Waals surface area contributed by atoms with Gasteiger partial charge in [0.1, 0.15) is 0 Å². The van der Waals surface area contributed by atoms with Gasteiger partial charge in [-0.2, -0.15) is 0 Å². The number of rotatable bonds is 4. The van der Waals surface area contributed by atoms with Gasteiger partial charge in [-0.1, -0.05) is 25.7 Å². The molecule has 132 valence electrons. The number of carbonyl (C=O) groups is 2. The van der Waals surface area contributed by atoms with Crippen molar-refractivity contribution >= 4 is 23.2 Å². The van der Waals surface area contributed by atoms with Crippen LogP contribution in [0.5, 0.6) is 0 Å². The van der Waals surface area contributed by atoms with E-state index in [-0.39, 0.29) is 17.7 Å². The summed E-state index contributed by atoms with van der Waals surface area (Å²) in [6, 6.07) is 0.344. The maximum atomic E-state index is 12.5. The maximum Gasteiger partial charge on any atom is 0.225 e. The van der Waals surface area contributed by atoms with Gasteiger partial charge in [0.2, 0.25) is 11.8 Å². The number of hydrogen-bond acceptors (Lipinski definition) is 4. The number of nitrogens with zero attached hydrogens (tertiary/aromatic N) is 2. The summed E-state index contributed by atoms with van der Waals surface area (Å²) in [5.41, 5.74) is 0.915. The Morgan fingerprint density at radius 2 is 2.04 bits per heavy atom. The second-order valence-electron chi connectivity index (χ2n) is 7.00. The van der Waals surface area contributed by atoms with E-state index < -0.39 is 0 Å². The lowest BCUT2D eigenvalue weighted by atomic mass is 9.93. The minimum absolute atomic E-state index is 0.0618. The molecule has 2 heterocycles. The molecule has 24 heavy (non-hydrogen) atoms. The molecule has 1 atom stereocenters. The first-order valence-electron chi connectivity index (χ1n) is 9.11. The summed E-state index contributed by atoms with van der Waals surface area (Å²) < 4.78 is 0. The third-order valence-electron chi connectivity index (χ3n) is 5.19. The van der Waals surface area contributed by atoms with Crippen molar-refractivity contribution in [2.24, 2.45) is 5.92 Å². The Morgan fingerprint density at radius 1 is 1.29 bits per heavy atom. The van der Waals surface area contributed by atoms with Gasteiger partial charge in [0.15, 0.2) is 0 Å². The van der Waals surface area contributed by atoms with E-state index in [1.807, 2.05) is 17.2 Å². The number of aromatic nitrogens is 1. The van der Waals surface area contributed by atoms with Crippen LogP contribution in [0.2, 0.25) is 0 Å². The van der Waals surface area contributed by atoms with Crippen molar-refractivity contribution in [3.05, 3.63) is 16.1 Å². The van der Waals surface area contributed by atoms with Gasteiger partial charge < -0.3 is 10.2 Å². The molecule has 6 heteroatoms. The van der Waals surface area contributed by atoms with Gasteiger partial charge in [-0.15, -0.1) is 11.3 Å². The van der Waals surface area contributed by atoms with Crippen LogP contribution in [0.3, 0.4) is 0 Å². The second kappa shape index (κ2) is 8.10. The molecule has 1 N–H and O–H groups in total. The van der Waals surface area contributed by atoms with E-state index in [0.717, 1.165) is 23.5 Å². The van der Waals surface area contributed by atoms with Crippen molar-refractivity contribution in [2.75, 3.05) is 6.54 Å². The van der Waals surface area contributed by atoms with Crippen LogP contribution in [-0.2, 0) is 16.1 Å². The Labute approximate surface area is 147 Å². The second-order valence-corrected chi connectivity index (χ2v) is 8.06. The minimum Gasteiger partial charge on any atom is -0.350 e. The monoisotopic (exact) mass is 349 g/mol. The minimum atomic E-state index is -0.0781. The smallest absolute Gasteiger partial charge is 0.225 e. The van der Waals surface area contributed by atoms with Crippen molar-refractivity contribution < 1.29 is 9.59 Å². The van der Waals surface area contributed by atoms with Gasteiger partial charge in [0.25, 0.3) is 0 Å². The van der Waals surface area contributed by atoms with Crippen molar-refractivity contribution in [1.29, 1.82) is 0 Å². The van der Waals surface area contributed by atoms with Crippen molar-refractivity contribution in [1.82, 2.24) is 15.2 Å². The molecule has 1 saturated heterocycles. The lowest BCUT2D eigenvalue weighted by Gasteiger charge is -2.37. The number of amides is 2. The average molecular weight is 350 g/mol. The van der Waals surface area contributed by atoms with E-state index >= 15 is 0 Å². The van der Waals surface area contributed by atoms with E-state index in [0.29, 0.717) is 32.0 Å². The normalized spacial score (nSPS) is 23.1. The number of likely N-dealkylation sites (tertiary alicyclic amines) is 1. The topological polar surface area (TPSA) is 62.3 Å². The Bertz CT molecular complexity index is 579. The summed E-state index contributed by atoms with van der Waals surface area (Å²) in [6.45, 7) is 3.04. The first-order chi connectivity index (χ1) is 11.6. The highest BCUT2D eigenvalue weighted by atomic mass is 32.1. The summed E-state index contributed by atoms with van der Waals surface area (Å²) in [7, 11) is 0. The molecule has 2 fully saturated rings. The molecule has 0 bridgehead atoms.